The number of likely N-dealkylation sites (N-methyl/N-ethyl adjacent to an activating group) is 1. The zero-order valence-electron chi connectivity index (χ0n) is 13.7. The summed E-state index contributed by atoms with van der Waals surface area (Å²) in [7, 11) is -1.42. The smallest absolute Gasteiger partial charge is 0.282 e. The summed E-state index contributed by atoms with van der Waals surface area (Å²) in [5, 5.41) is 2.89. The van der Waals surface area contributed by atoms with Crippen LogP contribution in [0.25, 0.3) is 0 Å². The van der Waals surface area contributed by atoms with E-state index in [2.05, 4.69) is 10.2 Å². The summed E-state index contributed by atoms with van der Waals surface area (Å²) < 4.78 is 34.2. The van der Waals surface area contributed by atoms with Crippen molar-refractivity contribution in [3.05, 3.63) is 0 Å². The minimum Gasteiger partial charge on any atom is -0.379 e. The molecule has 0 bridgehead atoms. The Morgan fingerprint density at radius 1 is 1.09 bits per heavy atom. The Kier molecular flexibility index (Phi) is 4.93. The predicted molar refractivity (Wildman–Crippen MR) is 85.1 cm³/mol. The molecule has 0 aromatic carbocycles. The van der Waals surface area contributed by atoms with E-state index in [-0.39, 0.29) is 11.4 Å². The molecule has 0 aromatic rings. The maximum absolute atomic E-state index is 12.9. The highest BCUT2D eigenvalue weighted by Gasteiger charge is 2.45. The monoisotopic (exact) mass is 346 g/mol. The van der Waals surface area contributed by atoms with Gasteiger partial charge in [0.05, 0.1) is 13.2 Å². The van der Waals surface area contributed by atoms with Crippen LogP contribution >= 0.6 is 0 Å². The molecule has 23 heavy (non-hydrogen) atoms. The lowest BCUT2D eigenvalue weighted by molar-refractivity contribution is -0.121. The maximum atomic E-state index is 12.9. The number of carbonyl (C=O) groups excluding carboxylic acids is 1. The van der Waals surface area contributed by atoms with Gasteiger partial charge in [0, 0.05) is 51.2 Å². The van der Waals surface area contributed by atoms with Crippen LogP contribution in [0.2, 0.25) is 0 Å². The third kappa shape index (κ3) is 3.39. The fraction of sp³-hybridized carbons (Fsp3) is 0.929. The molecule has 1 amide bonds. The van der Waals surface area contributed by atoms with E-state index in [4.69, 9.17) is 4.74 Å². The number of hydrogen-bond donors (Lipinski definition) is 1. The lowest BCUT2D eigenvalue weighted by atomic mass is 9.87. The number of piperazine rings is 1. The van der Waals surface area contributed by atoms with Crippen LogP contribution in [-0.2, 0) is 19.7 Å². The summed E-state index contributed by atoms with van der Waals surface area (Å²) in [6.45, 7) is 4.00. The Balaban J connectivity index is 1.78. The number of nitrogens with zero attached hydrogens (tertiary/aromatic N) is 3. The molecule has 0 aliphatic carbocycles. The van der Waals surface area contributed by atoms with Gasteiger partial charge < -0.3 is 10.1 Å². The van der Waals surface area contributed by atoms with Crippen LogP contribution in [-0.4, -0.2) is 92.9 Å². The zero-order chi connectivity index (χ0) is 16.5. The topological polar surface area (TPSA) is 82.2 Å². The number of rotatable bonds is 2. The summed E-state index contributed by atoms with van der Waals surface area (Å²) in [5.74, 6) is 0.0587. The molecule has 0 radical (unpaired) electrons. The van der Waals surface area contributed by atoms with Crippen LogP contribution in [0.5, 0.6) is 0 Å². The molecule has 1 atom stereocenters. The normalized spacial score (nSPS) is 32.7. The zero-order valence-corrected chi connectivity index (χ0v) is 14.5. The molecule has 3 heterocycles. The van der Waals surface area contributed by atoms with E-state index in [1.165, 1.54) is 4.31 Å². The van der Waals surface area contributed by atoms with Crippen LogP contribution in [0, 0.1) is 0 Å². The van der Waals surface area contributed by atoms with Gasteiger partial charge in [0.15, 0.2) is 0 Å². The van der Waals surface area contributed by atoms with Crippen molar-refractivity contribution in [3.8, 4) is 0 Å². The lowest BCUT2D eigenvalue weighted by Crippen LogP contribution is -2.64. The van der Waals surface area contributed by atoms with E-state index in [1.54, 1.807) is 4.31 Å². The van der Waals surface area contributed by atoms with Gasteiger partial charge in [-0.2, -0.15) is 17.0 Å². The largest absolute Gasteiger partial charge is 0.379 e. The maximum Gasteiger partial charge on any atom is 0.282 e. The van der Waals surface area contributed by atoms with E-state index < -0.39 is 10.2 Å². The second-order valence-electron chi connectivity index (χ2n) is 6.60. The first-order chi connectivity index (χ1) is 10.9. The molecule has 3 fully saturated rings. The highest BCUT2D eigenvalue weighted by molar-refractivity contribution is 7.86. The van der Waals surface area contributed by atoms with Crippen molar-refractivity contribution in [1.29, 1.82) is 0 Å². The first-order valence-corrected chi connectivity index (χ1v) is 9.65. The van der Waals surface area contributed by atoms with Crippen LogP contribution in [0.4, 0.5) is 0 Å². The SMILES string of the molecule is CN1CCN(S(=O)(=O)N2CCOCC2)C[C@@]12CCNC(=O)CC2. The van der Waals surface area contributed by atoms with Gasteiger partial charge in [0.1, 0.15) is 0 Å². The molecule has 1 N–H and O–H groups in total. The average Bonchev–Trinajstić information content (AvgIpc) is 2.74. The average molecular weight is 346 g/mol. The van der Waals surface area contributed by atoms with Crippen molar-refractivity contribution >= 4 is 16.1 Å². The van der Waals surface area contributed by atoms with E-state index in [1.807, 2.05) is 7.05 Å². The number of nitrogens with one attached hydrogen (secondary N) is 1. The Hall–Kier alpha value is -0.740. The van der Waals surface area contributed by atoms with Gasteiger partial charge in [0.2, 0.25) is 5.91 Å². The lowest BCUT2D eigenvalue weighted by Gasteiger charge is -2.49. The Morgan fingerprint density at radius 2 is 1.83 bits per heavy atom. The summed E-state index contributed by atoms with van der Waals surface area (Å²) in [6, 6.07) is 0. The molecule has 3 rings (SSSR count). The molecule has 132 valence electrons. The van der Waals surface area contributed by atoms with Crippen molar-refractivity contribution in [1.82, 2.24) is 18.8 Å². The van der Waals surface area contributed by atoms with Gasteiger partial charge in [-0.1, -0.05) is 0 Å². The third-order valence-corrected chi connectivity index (χ3v) is 7.30. The van der Waals surface area contributed by atoms with Crippen molar-refractivity contribution in [2.24, 2.45) is 0 Å². The third-order valence-electron chi connectivity index (χ3n) is 5.32. The predicted octanol–water partition coefficient (Wildman–Crippen LogP) is -1.15. The van der Waals surface area contributed by atoms with Crippen molar-refractivity contribution in [2.45, 2.75) is 24.8 Å². The molecule has 3 aliphatic heterocycles. The van der Waals surface area contributed by atoms with Gasteiger partial charge in [-0.25, -0.2) is 0 Å². The van der Waals surface area contributed by atoms with Crippen LogP contribution < -0.4 is 5.32 Å². The summed E-state index contributed by atoms with van der Waals surface area (Å²) in [4.78, 5) is 13.9. The first-order valence-electron chi connectivity index (χ1n) is 8.25. The standard InChI is InChI=1S/C14H26N4O4S/c1-16-6-7-18(23(20,21)17-8-10-22-11-9-17)12-14(16)3-2-13(19)15-5-4-14/h2-12H2,1H3,(H,15,19)/t14-/m1/s1. The Labute approximate surface area is 137 Å². The molecule has 8 nitrogen and oxygen atoms in total. The second-order valence-corrected chi connectivity index (χ2v) is 8.53. The van der Waals surface area contributed by atoms with Crippen LogP contribution in [0.3, 0.4) is 0 Å². The quantitative estimate of drug-likeness (QED) is 0.683. The molecular formula is C14H26N4O4S. The van der Waals surface area contributed by atoms with Crippen molar-refractivity contribution < 1.29 is 17.9 Å². The van der Waals surface area contributed by atoms with E-state index in [9.17, 15) is 13.2 Å². The Morgan fingerprint density at radius 3 is 2.57 bits per heavy atom. The molecule has 3 saturated heterocycles. The number of carbonyl (C=O) groups is 1. The first kappa shape index (κ1) is 17.1. The van der Waals surface area contributed by atoms with Gasteiger partial charge in [-0.3, -0.25) is 9.69 Å². The molecule has 0 unspecified atom stereocenters. The van der Waals surface area contributed by atoms with E-state index >= 15 is 0 Å². The summed E-state index contributed by atoms with van der Waals surface area (Å²) in [6.07, 6.45) is 1.94. The minimum atomic E-state index is -3.45. The highest BCUT2D eigenvalue weighted by Crippen LogP contribution is 2.32. The fourth-order valence-corrected chi connectivity index (χ4v) is 5.35. The number of ether oxygens (including phenoxy) is 1. The minimum absolute atomic E-state index is 0.0587. The van der Waals surface area contributed by atoms with Crippen LogP contribution in [0.15, 0.2) is 0 Å². The fourth-order valence-electron chi connectivity index (χ4n) is 3.70. The Bertz CT molecular complexity index is 549. The number of morpholine rings is 1. The van der Waals surface area contributed by atoms with Crippen molar-refractivity contribution in [3.63, 3.8) is 0 Å². The molecule has 9 heteroatoms. The van der Waals surface area contributed by atoms with Gasteiger partial charge in [0.25, 0.3) is 10.2 Å². The molecule has 0 aromatic heterocycles. The van der Waals surface area contributed by atoms with Crippen LogP contribution in [0.1, 0.15) is 19.3 Å². The van der Waals surface area contributed by atoms with Gasteiger partial charge in [-0.15, -0.1) is 0 Å². The van der Waals surface area contributed by atoms with Crippen molar-refractivity contribution in [2.75, 3.05) is 59.5 Å². The van der Waals surface area contributed by atoms with E-state index in [0.717, 1.165) is 6.42 Å². The molecule has 1 spiro atoms. The molecule has 0 saturated carbocycles. The second kappa shape index (κ2) is 6.64. The van der Waals surface area contributed by atoms with Gasteiger partial charge in [-0.05, 0) is 19.9 Å². The summed E-state index contributed by atoms with van der Waals surface area (Å²) in [5.41, 5.74) is -0.253. The molecular weight excluding hydrogens is 320 g/mol. The highest BCUT2D eigenvalue weighted by atomic mass is 32.2. The van der Waals surface area contributed by atoms with Gasteiger partial charge >= 0.3 is 0 Å². The summed E-state index contributed by atoms with van der Waals surface area (Å²) >= 11 is 0. The number of hydrogen-bond acceptors (Lipinski definition) is 5. The molecule has 3 aliphatic rings. The number of amides is 1. The van der Waals surface area contributed by atoms with E-state index in [0.29, 0.717) is 65.3 Å².